The van der Waals surface area contributed by atoms with Crippen LogP contribution >= 0.6 is 11.3 Å². The number of benzene rings is 2. The quantitative estimate of drug-likeness (QED) is 0.500. The monoisotopic (exact) mass is 437 g/mol. The van der Waals surface area contributed by atoms with Gasteiger partial charge in [0, 0.05) is 31.2 Å². The van der Waals surface area contributed by atoms with Crippen molar-refractivity contribution in [1.29, 1.82) is 0 Å². The molecule has 1 heterocycles. The Morgan fingerprint density at radius 3 is 2.16 bits per heavy atom. The predicted molar refractivity (Wildman–Crippen MR) is 126 cm³/mol. The molecule has 164 valence electrons. The van der Waals surface area contributed by atoms with Crippen molar-refractivity contribution in [3.05, 3.63) is 88.4 Å². The molecule has 0 saturated carbocycles. The van der Waals surface area contributed by atoms with E-state index in [0.29, 0.717) is 12.8 Å². The Labute approximate surface area is 188 Å². The number of aromatic nitrogens is 1. The zero-order chi connectivity index (χ0) is 22.1. The van der Waals surface area contributed by atoms with Gasteiger partial charge in [0.1, 0.15) is 0 Å². The lowest BCUT2D eigenvalue weighted by atomic mass is 9.86. The number of urea groups is 1. The van der Waals surface area contributed by atoms with Crippen LogP contribution in [-0.2, 0) is 19.3 Å². The minimum atomic E-state index is -0.557. The molecule has 0 bridgehead atoms. The molecule has 0 saturated heterocycles. The summed E-state index contributed by atoms with van der Waals surface area (Å²) >= 11 is 1.62. The lowest BCUT2D eigenvalue weighted by molar-refractivity contribution is 0.0876. The van der Waals surface area contributed by atoms with E-state index in [0.717, 1.165) is 23.3 Å². The molecule has 0 aliphatic rings. The molecule has 5 nitrogen and oxygen atoms in total. The van der Waals surface area contributed by atoms with E-state index >= 15 is 0 Å². The van der Waals surface area contributed by atoms with Gasteiger partial charge in [-0.2, -0.15) is 0 Å². The summed E-state index contributed by atoms with van der Waals surface area (Å²) in [5, 5.41) is 14.4. The summed E-state index contributed by atoms with van der Waals surface area (Å²) in [5.74, 6) is 0.0392. The van der Waals surface area contributed by atoms with Crippen molar-refractivity contribution in [3.8, 4) is 0 Å². The molecule has 0 fully saturated rings. The van der Waals surface area contributed by atoms with E-state index in [1.807, 2.05) is 48.1 Å². The maximum absolute atomic E-state index is 12.4. The molecule has 0 aliphatic heterocycles. The van der Waals surface area contributed by atoms with Crippen LogP contribution in [0.15, 0.2) is 72.4 Å². The minimum Gasteiger partial charge on any atom is -0.393 e. The van der Waals surface area contributed by atoms with Crippen LogP contribution < -0.4 is 5.32 Å². The molecule has 2 aromatic carbocycles. The van der Waals surface area contributed by atoms with Gasteiger partial charge in [0.15, 0.2) is 0 Å². The number of amides is 2. The van der Waals surface area contributed by atoms with Crippen LogP contribution in [-0.4, -0.2) is 47.3 Å². The van der Waals surface area contributed by atoms with Crippen molar-refractivity contribution < 1.29 is 9.90 Å². The van der Waals surface area contributed by atoms with Gasteiger partial charge in [-0.15, -0.1) is 11.3 Å². The van der Waals surface area contributed by atoms with E-state index in [9.17, 15) is 9.90 Å². The van der Waals surface area contributed by atoms with Gasteiger partial charge in [-0.1, -0.05) is 60.7 Å². The maximum atomic E-state index is 12.4. The van der Waals surface area contributed by atoms with E-state index in [-0.39, 0.29) is 18.0 Å². The summed E-state index contributed by atoms with van der Waals surface area (Å²) in [4.78, 5) is 19.3. The first-order valence-corrected chi connectivity index (χ1v) is 11.5. The topological polar surface area (TPSA) is 65.5 Å². The van der Waals surface area contributed by atoms with Crippen molar-refractivity contribution in [2.24, 2.45) is 5.92 Å². The summed E-state index contributed by atoms with van der Waals surface area (Å²) < 4.78 is 0. The third-order valence-electron chi connectivity index (χ3n) is 5.42. The molecule has 3 rings (SSSR count). The Morgan fingerprint density at radius 2 is 1.61 bits per heavy atom. The first-order valence-electron chi connectivity index (χ1n) is 10.6. The SMILES string of the molecule is CN(C)C(=O)NC(Cc1ccccc1)CC(O)C(Cc1ccccc1)Cc1cncs1. The number of thiazole rings is 1. The third kappa shape index (κ3) is 7.49. The van der Waals surface area contributed by atoms with E-state index < -0.39 is 6.10 Å². The van der Waals surface area contributed by atoms with Gasteiger partial charge in [-0.25, -0.2) is 4.79 Å². The zero-order valence-corrected chi connectivity index (χ0v) is 19.0. The predicted octanol–water partition coefficient (Wildman–Crippen LogP) is 4.18. The number of nitrogens with zero attached hydrogens (tertiary/aromatic N) is 2. The number of hydrogen-bond acceptors (Lipinski definition) is 4. The van der Waals surface area contributed by atoms with Crippen LogP contribution in [0.5, 0.6) is 0 Å². The second-order valence-corrected chi connectivity index (χ2v) is 9.13. The lowest BCUT2D eigenvalue weighted by Gasteiger charge is -2.28. The number of rotatable bonds is 10. The van der Waals surface area contributed by atoms with Gasteiger partial charge < -0.3 is 15.3 Å². The van der Waals surface area contributed by atoms with Crippen molar-refractivity contribution in [3.63, 3.8) is 0 Å². The number of carbonyl (C=O) groups is 1. The molecule has 0 spiro atoms. The van der Waals surface area contributed by atoms with Crippen molar-refractivity contribution in [1.82, 2.24) is 15.2 Å². The number of nitrogens with one attached hydrogen (secondary N) is 1. The highest BCUT2D eigenvalue weighted by Gasteiger charge is 2.26. The van der Waals surface area contributed by atoms with Crippen LogP contribution in [0.25, 0.3) is 0 Å². The van der Waals surface area contributed by atoms with E-state index in [2.05, 4.69) is 34.6 Å². The van der Waals surface area contributed by atoms with Crippen molar-refractivity contribution in [2.45, 2.75) is 37.8 Å². The number of aliphatic hydroxyl groups is 1. The molecule has 31 heavy (non-hydrogen) atoms. The van der Waals surface area contributed by atoms with Crippen molar-refractivity contribution in [2.75, 3.05) is 14.1 Å². The summed E-state index contributed by atoms with van der Waals surface area (Å²) in [7, 11) is 3.46. The zero-order valence-electron chi connectivity index (χ0n) is 18.1. The molecule has 3 unspecified atom stereocenters. The standard InChI is InChI=1S/C25H31N3O2S/c1-28(2)25(30)27-22(14-20-11-7-4-8-12-20)16-24(29)21(15-23-17-26-18-31-23)13-19-9-5-3-6-10-19/h3-12,17-18,21-22,24,29H,13-16H2,1-2H3,(H,27,30). The molecule has 2 amide bonds. The highest BCUT2D eigenvalue weighted by atomic mass is 32.1. The van der Waals surface area contributed by atoms with E-state index in [1.165, 1.54) is 10.5 Å². The average molecular weight is 438 g/mol. The molecular formula is C25H31N3O2S. The third-order valence-corrected chi connectivity index (χ3v) is 6.22. The fraction of sp³-hybridized carbons (Fsp3) is 0.360. The smallest absolute Gasteiger partial charge is 0.317 e. The summed E-state index contributed by atoms with van der Waals surface area (Å²) in [6, 6.07) is 20.0. The summed E-state index contributed by atoms with van der Waals surface area (Å²) in [6.45, 7) is 0. The summed E-state index contributed by atoms with van der Waals surface area (Å²) in [6.07, 6.45) is 4.03. The molecule has 0 aliphatic carbocycles. The Kier molecular flexibility index (Phi) is 8.62. The van der Waals surface area contributed by atoms with Gasteiger partial charge in [-0.05, 0) is 42.7 Å². The minimum absolute atomic E-state index is 0.0392. The molecule has 0 radical (unpaired) electrons. The highest BCUT2D eigenvalue weighted by molar-refractivity contribution is 7.09. The lowest BCUT2D eigenvalue weighted by Crippen LogP contribution is -2.45. The van der Waals surface area contributed by atoms with Crippen LogP contribution in [0.3, 0.4) is 0 Å². The molecule has 3 atom stereocenters. The maximum Gasteiger partial charge on any atom is 0.317 e. The van der Waals surface area contributed by atoms with Gasteiger partial charge in [0.2, 0.25) is 0 Å². The van der Waals surface area contributed by atoms with Crippen LogP contribution in [0, 0.1) is 5.92 Å². The fourth-order valence-corrected chi connectivity index (χ4v) is 4.43. The Morgan fingerprint density at radius 1 is 1.00 bits per heavy atom. The number of aliphatic hydroxyl groups excluding tert-OH is 1. The van der Waals surface area contributed by atoms with Gasteiger partial charge in [-0.3, -0.25) is 4.98 Å². The number of hydrogen-bond donors (Lipinski definition) is 2. The first-order chi connectivity index (χ1) is 15.0. The highest BCUT2D eigenvalue weighted by Crippen LogP contribution is 2.23. The molecule has 3 aromatic rings. The Bertz CT molecular complexity index is 901. The van der Waals surface area contributed by atoms with Crippen LogP contribution in [0.1, 0.15) is 22.4 Å². The fourth-order valence-electron chi connectivity index (χ4n) is 3.74. The van der Waals surface area contributed by atoms with Crippen molar-refractivity contribution >= 4 is 17.4 Å². The largest absolute Gasteiger partial charge is 0.393 e. The Balaban J connectivity index is 1.75. The number of carbonyl (C=O) groups excluding carboxylic acids is 1. The second kappa shape index (κ2) is 11.6. The Hall–Kier alpha value is -2.70. The second-order valence-electron chi connectivity index (χ2n) is 8.16. The summed E-state index contributed by atoms with van der Waals surface area (Å²) in [5.41, 5.74) is 4.17. The van der Waals surface area contributed by atoms with Crippen LogP contribution in [0.4, 0.5) is 4.79 Å². The van der Waals surface area contributed by atoms with Gasteiger partial charge in [0.05, 0.1) is 11.6 Å². The van der Waals surface area contributed by atoms with Gasteiger partial charge >= 0.3 is 6.03 Å². The molecule has 1 aromatic heterocycles. The first kappa shape index (κ1) is 23.0. The molecule has 6 heteroatoms. The van der Waals surface area contributed by atoms with Gasteiger partial charge in [0.25, 0.3) is 0 Å². The normalized spacial score (nSPS) is 13.9. The van der Waals surface area contributed by atoms with E-state index in [1.54, 1.807) is 25.4 Å². The average Bonchev–Trinajstić information content (AvgIpc) is 3.28. The molecule has 2 N–H and O–H groups in total. The molecular weight excluding hydrogens is 406 g/mol. The van der Waals surface area contributed by atoms with Crippen LogP contribution in [0.2, 0.25) is 0 Å². The van der Waals surface area contributed by atoms with E-state index in [4.69, 9.17) is 0 Å².